The number of carbonyl (C=O) groups is 2. The molecule has 1 fully saturated rings. The summed E-state index contributed by atoms with van der Waals surface area (Å²) in [6.45, 7) is 0.957. The first-order valence-electron chi connectivity index (χ1n) is 9.26. The number of amides is 2. The Labute approximate surface area is 154 Å². The Balaban J connectivity index is 1.46. The number of hydrogen-bond acceptors (Lipinski definition) is 3. The van der Waals surface area contributed by atoms with Crippen molar-refractivity contribution in [2.45, 2.75) is 45.2 Å². The zero-order valence-electron chi connectivity index (χ0n) is 14.9. The Morgan fingerprint density at radius 3 is 2.35 bits per heavy atom. The van der Waals surface area contributed by atoms with Gasteiger partial charge in [-0.15, -0.1) is 0 Å². The summed E-state index contributed by atoms with van der Waals surface area (Å²) < 4.78 is 0. The molecule has 0 bridgehead atoms. The maximum absolute atomic E-state index is 12.2. The number of carbonyl (C=O) groups excluding carboxylic acids is 2. The van der Waals surface area contributed by atoms with Crippen molar-refractivity contribution in [1.82, 2.24) is 15.6 Å². The van der Waals surface area contributed by atoms with Crippen molar-refractivity contribution in [3.8, 4) is 0 Å². The van der Waals surface area contributed by atoms with Gasteiger partial charge in [0.15, 0.2) is 0 Å². The molecule has 1 aliphatic carbocycles. The van der Waals surface area contributed by atoms with Gasteiger partial charge in [-0.3, -0.25) is 14.6 Å². The Bertz CT molecular complexity index is 723. The monoisotopic (exact) mass is 351 g/mol. The van der Waals surface area contributed by atoms with Gasteiger partial charge < -0.3 is 10.6 Å². The van der Waals surface area contributed by atoms with Crippen molar-refractivity contribution < 1.29 is 9.59 Å². The number of benzene rings is 1. The van der Waals surface area contributed by atoms with Crippen LogP contribution in [-0.2, 0) is 17.9 Å². The molecule has 3 rings (SSSR count). The van der Waals surface area contributed by atoms with Crippen LogP contribution in [-0.4, -0.2) is 16.8 Å². The van der Waals surface area contributed by atoms with Crippen LogP contribution in [0.3, 0.4) is 0 Å². The SMILES string of the molecule is O=C(NCc1cccnc1)c1ccc(CNC(=O)C2CCCCC2)cc1. The third-order valence-corrected chi connectivity index (χ3v) is 4.83. The van der Waals surface area contributed by atoms with E-state index in [4.69, 9.17) is 0 Å². The summed E-state index contributed by atoms with van der Waals surface area (Å²) in [5.41, 5.74) is 2.57. The standard InChI is InChI=1S/C21H25N3O2/c25-20(18-6-2-1-3-7-18)23-14-16-8-10-19(11-9-16)21(26)24-15-17-5-4-12-22-13-17/h4-5,8-13,18H,1-3,6-7,14-15H2,(H,23,25)(H,24,26). The van der Waals surface area contributed by atoms with Crippen LogP contribution in [0.15, 0.2) is 48.8 Å². The Kier molecular flexibility index (Phi) is 6.36. The van der Waals surface area contributed by atoms with Crippen molar-refractivity contribution >= 4 is 11.8 Å². The van der Waals surface area contributed by atoms with Gasteiger partial charge in [0.25, 0.3) is 5.91 Å². The number of aromatic nitrogens is 1. The molecule has 2 amide bonds. The number of hydrogen-bond donors (Lipinski definition) is 2. The minimum Gasteiger partial charge on any atom is -0.352 e. The Morgan fingerprint density at radius 2 is 1.65 bits per heavy atom. The zero-order chi connectivity index (χ0) is 18.2. The molecule has 2 N–H and O–H groups in total. The highest BCUT2D eigenvalue weighted by Gasteiger charge is 2.20. The van der Waals surface area contributed by atoms with Gasteiger partial charge in [-0.05, 0) is 42.2 Å². The highest BCUT2D eigenvalue weighted by molar-refractivity contribution is 5.94. The van der Waals surface area contributed by atoms with Gasteiger partial charge >= 0.3 is 0 Å². The zero-order valence-corrected chi connectivity index (χ0v) is 14.9. The van der Waals surface area contributed by atoms with Crippen molar-refractivity contribution in [3.63, 3.8) is 0 Å². The first-order valence-corrected chi connectivity index (χ1v) is 9.26. The lowest BCUT2D eigenvalue weighted by atomic mass is 9.88. The van der Waals surface area contributed by atoms with Crippen LogP contribution in [0.2, 0.25) is 0 Å². The lowest BCUT2D eigenvalue weighted by Gasteiger charge is -2.20. The molecule has 0 radical (unpaired) electrons. The summed E-state index contributed by atoms with van der Waals surface area (Å²) >= 11 is 0. The van der Waals surface area contributed by atoms with E-state index in [1.807, 2.05) is 24.3 Å². The van der Waals surface area contributed by atoms with Gasteiger partial charge in [0.05, 0.1) is 0 Å². The molecule has 1 aromatic heterocycles. The predicted molar refractivity (Wildman–Crippen MR) is 100 cm³/mol. The molecule has 1 saturated carbocycles. The lowest BCUT2D eigenvalue weighted by Crippen LogP contribution is -2.31. The quantitative estimate of drug-likeness (QED) is 0.839. The van der Waals surface area contributed by atoms with Gasteiger partial charge in [-0.2, -0.15) is 0 Å². The van der Waals surface area contributed by atoms with E-state index in [0.29, 0.717) is 18.7 Å². The van der Waals surface area contributed by atoms with Crippen LogP contribution in [0.25, 0.3) is 0 Å². The van der Waals surface area contributed by atoms with E-state index >= 15 is 0 Å². The fourth-order valence-corrected chi connectivity index (χ4v) is 3.26. The fraction of sp³-hybridized carbons (Fsp3) is 0.381. The van der Waals surface area contributed by atoms with E-state index < -0.39 is 0 Å². The molecule has 0 spiro atoms. The van der Waals surface area contributed by atoms with Crippen LogP contribution in [0, 0.1) is 5.92 Å². The van der Waals surface area contributed by atoms with Gasteiger partial charge in [-0.25, -0.2) is 0 Å². The van der Waals surface area contributed by atoms with E-state index in [-0.39, 0.29) is 17.7 Å². The molecule has 0 unspecified atom stereocenters. The van der Waals surface area contributed by atoms with Crippen molar-refractivity contribution in [1.29, 1.82) is 0 Å². The second-order valence-corrected chi connectivity index (χ2v) is 6.79. The number of nitrogens with one attached hydrogen (secondary N) is 2. The summed E-state index contributed by atoms with van der Waals surface area (Å²) in [7, 11) is 0. The summed E-state index contributed by atoms with van der Waals surface area (Å²) in [4.78, 5) is 28.4. The average Bonchev–Trinajstić information content (AvgIpc) is 2.72. The van der Waals surface area contributed by atoms with E-state index in [2.05, 4.69) is 15.6 Å². The number of nitrogens with zero attached hydrogens (tertiary/aromatic N) is 1. The van der Waals surface area contributed by atoms with Crippen LogP contribution >= 0.6 is 0 Å². The minimum absolute atomic E-state index is 0.119. The van der Waals surface area contributed by atoms with Crippen LogP contribution < -0.4 is 10.6 Å². The van der Waals surface area contributed by atoms with E-state index in [0.717, 1.165) is 36.8 Å². The maximum Gasteiger partial charge on any atom is 0.251 e. The maximum atomic E-state index is 12.2. The highest BCUT2D eigenvalue weighted by atomic mass is 16.2. The first kappa shape index (κ1) is 18.1. The van der Waals surface area contributed by atoms with Crippen LogP contribution in [0.4, 0.5) is 0 Å². The van der Waals surface area contributed by atoms with Gasteiger partial charge in [0, 0.05) is 37.0 Å². The van der Waals surface area contributed by atoms with Gasteiger partial charge in [0.1, 0.15) is 0 Å². The van der Waals surface area contributed by atoms with Gasteiger partial charge in [-0.1, -0.05) is 37.5 Å². The van der Waals surface area contributed by atoms with E-state index in [1.165, 1.54) is 6.42 Å². The van der Waals surface area contributed by atoms with Crippen molar-refractivity contribution in [3.05, 3.63) is 65.5 Å². The topological polar surface area (TPSA) is 71.1 Å². The molecule has 0 saturated heterocycles. The third-order valence-electron chi connectivity index (χ3n) is 4.83. The van der Waals surface area contributed by atoms with Gasteiger partial charge in [0.2, 0.25) is 5.91 Å². The molecular weight excluding hydrogens is 326 g/mol. The lowest BCUT2D eigenvalue weighted by molar-refractivity contribution is -0.126. The molecule has 1 aromatic carbocycles. The van der Waals surface area contributed by atoms with Crippen LogP contribution in [0.1, 0.15) is 53.6 Å². The fourth-order valence-electron chi connectivity index (χ4n) is 3.26. The summed E-state index contributed by atoms with van der Waals surface area (Å²) in [6.07, 6.45) is 9.00. The van der Waals surface area contributed by atoms with Crippen molar-refractivity contribution in [2.24, 2.45) is 5.92 Å². The normalized spacial score (nSPS) is 14.6. The molecule has 1 aliphatic rings. The largest absolute Gasteiger partial charge is 0.352 e. The molecule has 26 heavy (non-hydrogen) atoms. The average molecular weight is 351 g/mol. The third kappa shape index (κ3) is 5.15. The first-order chi connectivity index (χ1) is 12.7. The molecule has 5 nitrogen and oxygen atoms in total. The molecule has 2 aromatic rings. The summed E-state index contributed by atoms with van der Waals surface area (Å²) in [5.74, 6) is 0.205. The van der Waals surface area contributed by atoms with E-state index in [1.54, 1.807) is 24.5 Å². The predicted octanol–water partition coefficient (Wildman–Crippen LogP) is 3.21. The Morgan fingerprint density at radius 1 is 0.923 bits per heavy atom. The molecular formula is C21H25N3O2. The highest BCUT2D eigenvalue weighted by Crippen LogP contribution is 2.23. The molecule has 1 heterocycles. The number of rotatable bonds is 6. The van der Waals surface area contributed by atoms with E-state index in [9.17, 15) is 9.59 Å². The molecule has 0 aliphatic heterocycles. The summed E-state index contributed by atoms with van der Waals surface area (Å²) in [6, 6.07) is 11.1. The van der Waals surface area contributed by atoms with Crippen molar-refractivity contribution in [2.75, 3.05) is 0 Å². The molecule has 136 valence electrons. The number of pyridine rings is 1. The summed E-state index contributed by atoms with van der Waals surface area (Å²) in [5, 5.41) is 5.90. The smallest absolute Gasteiger partial charge is 0.251 e. The van der Waals surface area contributed by atoms with Crippen LogP contribution in [0.5, 0.6) is 0 Å². The second-order valence-electron chi connectivity index (χ2n) is 6.79. The minimum atomic E-state index is -0.119. The molecule has 5 heteroatoms. The molecule has 0 atom stereocenters. The Hall–Kier alpha value is -2.69. The second kappa shape index (κ2) is 9.13.